The van der Waals surface area contributed by atoms with Crippen LogP contribution in [-0.4, -0.2) is 40.9 Å². The van der Waals surface area contributed by atoms with Gasteiger partial charge in [-0.2, -0.15) is 0 Å². The zero-order chi connectivity index (χ0) is 15.9. The third kappa shape index (κ3) is 6.15. The van der Waals surface area contributed by atoms with E-state index in [4.69, 9.17) is 44.3 Å². The Morgan fingerprint density at radius 2 is 1.45 bits per heavy atom. The first kappa shape index (κ1) is 19.3. The summed E-state index contributed by atoms with van der Waals surface area (Å²) in [6, 6.07) is -1.40. The van der Waals surface area contributed by atoms with Crippen molar-refractivity contribution in [3.63, 3.8) is 0 Å². The highest BCUT2D eigenvalue weighted by atomic mass is 35.6. The van der Waals surface area contributed by atoms with Crippen LogP contribution in [0.2, 0.25) is 0 Å². The largest absolute Gasteiger partial charge is 0.465 e. The molecule has 0 radical (unpaired) electrons. The molecule has 0 aromatic heterocycles. The first-order chi connectivity index (χ1) is 9.15. The minimum absolute atomic E-state index is 0.0292. The molecule has 0 aliphatic heterocycles. The maximum Gasteiger partial charge on any atom is 0.322 e. The van der Waals surface area contributed by atoms with E-state index in [1.807, 2.05) is 0 Å². The number of alkyl halides is 3. The molecule has 0 bridgehead atoms. The van der Waals surface area contributed by atoms with Gasteiger partial charge in [0.15, 0.2) is 5.92 Å². The van der Waals surface area contributed by atoms with Crippen molar-refractivity contribution in [2.24, 2.45) is 5.92 Å². The third-order valence-electron chi connectivity index (χ3n) is 2.13. The molecule has 0 aliphatic carbocycles. The Labute approximate surface area is 132 Å². The molecular weight excluding hydrogens is 332 g/mol. The van der Waals surface area contributed by atoms with Crippen LogP contribution < -0.4 is 5.32 Å². The van der Waals surface area contributed by atoms with E-state index in [1.165, 1.54) is 0 Å². The topological polar surface area (TPSA) is 81.7 Å². The lowest BCUT2D eigenvalue weighted by atomic mass is 10.0. The van der Waals surface area contributed by atoms with Gasteiger partial charge in [0.25, 0.3) is 0 Å². The Morgan fingerprint density at radius 1 is 1.05 bits per heavy atom. The van der Waals surface area contributed by atoms with Gasteiger partial charge in [-0.25, -0.2) is 0 Å². The summed E-state index contributed by atoms with van der Waals surface area (Å²) in [7, 11) is 0. The van der Waals surface area contributed by atoms with Gasteiger partial charge in [0.2, 0.25) is 9.70 Å². The molecule has 0 aliphatic rings. The standard InChI is InChI=1S/C11H16Cl3NO5/c1-4-19-9(17)7(10(18)20-5-2)8(11(12,13)14)15-6(3)16/h7-8H,4-5H2,1-3H3,(H,15,16)/t8-/m0/s1. The highest BCUT2D eigenvalue weighted by Crippen LogP contribution is 2.35. The van der Waals surface area contributed by atoms with E-state index in [0.717, 1.165) is 6.92 Å². The molecule has 0 saturated carbocycles. The van der Waals surface area contributed by atoms with E-state index in [1.54, 1.807) is 13.8 Å². The van der Waals surface area contributed by atoms with E-state index in [-0.39, 0.29) is 13.2 Å². The van der Waals surface area contributed by atoms with Gasteiger partial charge < -0.3 is 14.8 Å². The fraction of sp³-hybridized carbons (Fsp3) is 0.727. The fourth-order valence-corrected chi connectivity index (χ4v) is 1.95. The second-order valence-corrected chi connectivity index (χ2v) is 6.07. The number of hydrogen-bond donors (Lipinski definition) is 1. The molecule has 1 atom stereocenters. The van der Waals surface area contributed by atoms with E-state index in [0.29, 0.717) is 0 Å². The van der Waals surface area contributed by atoms with Crippen LogP contribution in [0.3, 0.4) is 0 Å². The summed E-state index contributed by atoms with van der Waals surface area (Å²) in [6.45, 7) is 4.34. The smallest absolute Gasteiger partial charge is 0.322 e. The van der Waals surface area contributed by atoms with Crippen LogP contribution in [-0.2, 0) is 23.9 Å². The normalized spacial score (nSPS) is 12.8. The van der Waals surface area contributed by atoms with Crippen molar-refractivity contribution in [1.29, 1.82) is 0 Å². The number of amides is 1. The number of halogens is 3. The molecule has 0 saturated heterocycles. The minimum Gasteiger partial charge on any atom is -0.465 e. The summed E-state index contributed by atoms with van der Waals surface area (Å²) in [5, 5.41) is 2.26. The zero-order valence-corrected chi connectivity index (χ0v) is 13.5. The molecule has 6 nitrogen and oxygen atoms in total. The van der Waals surface area contributed by atoms with Crippen LogP contribution in [0, 0.1) is 5.92 Å². The second-order valence-electron chi connectivity index (χ2n) is 3.70. The summed E-state index contributed by atoms with van der Waals surface area (Å²) in [5.41, 5.74) is 0. The third-order valence-corrected chi connectivity index (χ3v) is 2.83. The number of rotatable bonds is 6. The lowest BCUT2D eigenvalue weighted by Crippen LogP contribution is -2.54. The van der Waals surface area contributed by atoms with Crippen molar-refractivity contribution in [3.8, 4) is 0 Å². The van der Waals surface area contributed by atoms with Gasteiger partial charge >= 0.3 is 11.9 Å². The van der Waals surface area contributed by atoms with E-state index >= 15 is 0 Å². The van der Waals surface area contributed by atoms with Crippen LogP contribution in [0.5, 0.6) is 0 Å². The SMILES string of the molecule is CCOC(=O)C(C(=O)OCC)[C@H](NC(C)=O)C(Cl)(Cl)Cl. The number of carbonyl (C=O) groups is 3. The number of nitrogens with one attached hydrogen (secondary N) is 1. The number of ether oxygens (including phenoxy) is 2. The molecule has 0 heterocycles. The van der Waals surface area contributed by atoms with Gasteiger partial charge in [-0.05, 0) is 13.8 Å². The predicted molar refractivity (Wildman–Crippen MR) is 74.7 cm³/mol. The Balaban J connectivity index is 5.45. The molecule has 0 spiro atoms. The summed E-state index contributed by atoms with van der Waals surface area (Å²) >= 11 is 17.2. The Bertz CT molecular complexity index is 352. The van der Waals surface area contributed by atoms with E-state index in [9.17, 15) is 14.4 Å². The van der Waals surface area contributed by atoms with E-state index < -0.39 is 33.6 Å². The maximum atomic E-state index is 11.9. The van der Waals surface area contributed by atoms with Crippen LogP contribution in [0.25, 0.3) is 0 Å². The molecule has 9 heteroatoms. The van der Waals surface area contributed by atoms with Crippen LogP contribution in [0.15, 0.2) is 0 Å². The highest BCUT2D eigenvalue weighted by molar-refractivity contribution is 6.68. The quantitative estimate of drug-likeness (QED) is 0.448. The fourth-order valence-electron chi connectivity index (χ4n) is 1.41. The van der Waals surface area contributed by atoms with Crippen molar-refractivity contribution < 1.29 is 23.9 Å². The van der Waals surface area contributed by atoms with Gasteiger partial charge in [0.05, 0.1) is 19.3 Å². The first-order valence-corrected chi connectivity index (χ1v) is 6.95. The second kappa shape index (κ2) is 8.54. The summed E-state index contributed by atoms with van der Waals surface area (Å²) in [4.78, 5) is 34.9. The molecule has 0 aromatic carbocycles. The van der Waals surface area contributed by atoms with Crippen molar-refractivity contribution in [1.82, 2.24) is 5.32 Å². The Kier molecular flexibility index (Phi) is 8.23. The molecule has 20 heavy (non-hydrogen) atoms. The molecule has 1 amide bonds. The van der Waals surface area contributed by atoms with Crippen LogP contribution in [0.4, 0.5) is 0 Å². The van der Waals surface area contributed by atoms with Crippen molar-refractivity contribution in [3.05, 3.63) is 0 Å². The van der Waals surface area contributed by atoms with Crippen LogP contribution >= 0.6 is 34.8 Å². The average molecular weight is 349 g/mol. The molecule has 0 aromatic rings. The van der Waals surface area contributed by atoms with Gasteiger partial charge in [-0.15, -0.1) is 0 Å². The maximum absolute atomic E-state index is 11.9. The first-order valence-electron chi connectivity index (χ1n) is 5.82. The number of hydrogen-bond acceptors (Lipinski definition) is 5. The Morgan fingerprint density at radius 3 is 1.70 bits per heavy atom. The molecule has 0 unspecified atom stereocenters. The number of carbonyl (C=O) groups excluding carboxylic acids is 3. The number of esters is 2. The summed E-state index contributed by atoms with van der Waals surface area (Å²) in [6.07, 6.45) is 0. The molecule has 1 N–H and O–H groups in total. The lowest BCUT2D eigenvalue weighted by molar-refractivity contribution is -0.163. The highest BCUT2D eigenvalue weighted by Gasteiger charge is 2.48. The molecule has 116 valence electrons. The van der Waals surface area contributed by atoms with Crippen molar-refractivity contribution in [2.45, 2.75) is 30.6 Å². The molecule has 0 fully saturated rings. The van der Waals surface area contributed by atoms with Crippen LogP contribution in [0.1, 0.15) is 20.8 Å². The molecule has 0 rings (SSSR count). The minimum atomic E-state index is -2.09. The van der Waals surface area contributed by atoms with E-state index in [2.05, 4.69) is 5.32 Å². The van der Waals surface area contributed by atoms with Gasteiger partial charge in [0, 0.05) is 6.92 Å². The van der Waals surface area contributed by atoms with Crippen molar-refractivity contribution in [2.75, 3.05) is 13.2 Å². The lowest BCUT2D eigenvalue weighted by Gasteiger charge is -2.29. The average Bonchev–Trinajstić information content (AvgIpc) is 2.27. The predicted octanol–water partition coefficient (Wildman–Crippen LogP) is 1.60. The van der Waals surface area contributed by atoms with Gasteiger partial charge in [-0.1, -0.05) is 34.8 Å². The monoisotopic (exact) mass is 347 g/mol. The summed E-state index contributed by atoms with van der Waals surface area (Å²) in [5.74, 6) is -4.00. The Hall–Kier alpha value is -0.720. The summed E-state index contributed by atoms with van der Waals surface area (Å²) < 4.78 is 7.44. The van der Waals surface area contributed by atoms with Gasteiger partial charge in [0.1, 0.15) is 0 Å². The van der Waals surface area contributed by atoms with Crippen molar-refractivity contribution >= 4 is 52.6 Å². The zero-order valence-electron chi connectivity index (χ0n) is 11.2. The molecular formula is C11H16Cl3NO5. The van der Waals surface area contributed by atoms with Gasteiger partial charge in [-0.3, -0.25) is 14.4 Å².